The molecule has 1 unspecified atom stereocenters. The Bertz CT molecular complexity index is 548. The van der Waals surface area contributed by atoms with Crippen LogP contribution in [-0.2, 0) is 20.6 Å². The van der Waals surface area contributed by atoms with Crippen molar-refractivity contribution in [1.82, 2.24) is 5.32 Å². The van der Waals surface area contributed by atoms with Crippen LogP contribution in [0.25, 0.3) is 0 Å². The molecule has 0 saturated heterocycles. The summed E-state index contributed by atoms with van der Waals surface area (Å²) < 4.78 is 34.6. The Morgan fingerprint density at radius 3 is 2.42 bits per heavy atom. The summed E-state index contributed by atoms with van der Waals surface area (Å²) in [5.41, 5.74) is 0. The molecule has 1 aromatic carbocycles. The third-order valence-electron chi connectivity index (χ3n) is 3.03. The van der Waals surface area contributed by atoms with Crippen LogP contribution in [0.1, 0.15) is 19.3 Å². The van der Waals surface area contributed by atoms with Gasteiger partial charge in [-0.25, -0.2) is 8.42 Å². The summed E-state index contributed by atoms with van der Waals surface area (Å²) in [6.07, 6.45) is 4.56. The molecular weight excluding hydrogens is 282 g/mol. The molecule has 1 fully saturated rings. The maximum Gasteiger partial charge on any atom is 0.175 e. The Morgan fingerprint density at radius 2 is 1.89 bits per heavy atom. The van der Waals surface area contributed by atoms with Crippen LogP contribution in [0, 0.1) is 0 Å². The molecule has 1 N–H and O–H groups in total. The fraction of sp³-hybridized carbons (Fsp3) is 0.538. The third kappa shape index (κ3) is 4.71. The van der Waals surface area contributed by atoms with Gasteiger partial charge in [-0.2, -0.15) is 0 Å². The van der Waals surface area contributed by atoms with Gasteiger partial charge in [0.25, 0.3) is 0 Å². The molecule has 106 valence electrons. The summed E-state index contributed by atoms with van der Waals surface area (Å²) in [4.78, 5) is 0.961. The molecule has 1 aliphatic rings. The second kappa shape index (κ2) is 6.15. The largest absolute Gasteiger partial charge is 0.314 e. The summed E-state index contributed by atoms with van der Waals surface area (Å²) >= 11 is 0. The Hall–Kier alpha value is -0.720. The predicted octanol–water partition coefficient (Wildman–Crippen LogP) is 1.34. The van der Waals surface area contributed by atoms with Gasteiger partial charge in [-0.05, 0) is 50.1 Å². The minimum absolute atomic E-state index is 0.267. The quantitative estimate of drug-likeness (QED) is 0.772. The lowest BCUT2D eigenvalue weighted by atomic mass is 10.4. The summed E-state index contributed by atoms with van der Waals surface area (Å²) in [6.45, 7) is 0.901. The topological polar surface area (TPSA) is 63.2 Å². The second-order valence-corrected chi connectivity index (χ2v) is 8.46. The van der Waals surface area contributed by atoms with Gasteiger partial charge in [0.1, 0.15) is 0 Å². The standard InChI is InChI=1S/C13H19NO3S2/c1-19(16,17)13-7-5-12(6-8-13)18(15)10-2-9-14-11-3-4-11/h5-8,11,14H,2-4,9-10H2,1H3. The monoisotopic (exact) mass is 301 g/mol. The molecule has 1 aromatic rings. The van der Waals surface area contributed by atoms with Crippen molar-refractivity contribution in [2.75, 3.05) is 18.6 Å². The van der Waals surface area contributed by atoms with Crippen molar-refractivity contribution in [3.8, 4) is 0 Å². The van der Waals surface area contributed by atoms with Gasteiger partial charge in [-0.15, -0.1) is 0 Å². The molecule has 0 radical (unpaired) electrons. The fourth-order valence-electron chi connectivity index (χ4n) is 1.75. The Balaban J connectivity index is 1.84. The van der Waals surface area contributed by atoms with E-state index in [0.717, 1.165) is 13.0 Å². The molecule has 0 heterocycles. The first-order valence-electron chi connectivity index (χ1n) is 6.39. The zero-order valence-corrected chi connectivity index (χ0v) is 12.6. The van der Waals surface area contributed by atoms with E-state index < -0.39 is 20.6 Å². The summed E-state index contributed by atoms with van der Waals surface area (Å²) in [5.74, 6) is 0.609. The van der Waals surface area contributed by atoms with Gasteiger partial charge < -0.3 is 5.32 Å². The molecule has 0 aliphatic heterocycles. The maximum absolute atomic E-state index is 12.0. The van der Waals surface area contributed by atoms with E-state index in [0.29, 0.717) is 16.7 Å². The third-order valence-corrected chi connectivity index (χ3v) is 5.62. The van der Waals surface area contributed by atoms with Gasteiger partial charge in [0, 0.05) is 22.9 Å². The van der Waals surface area contributed by atoms with Crippen molar-refractivity contribution in [1.29, 1.82) is 0 Å². The van der Waals surface area contributed by atoms with Gasteiger partial charge in [-0.1, -0.05) is 0 Å². The van der Waals surface area contributed by atoms with Crippen LogP contribution >= 0.6 is 0 Å². The summed E-state index contributed by atoms with van der Waals surface area (Å²) in [7, 11) is -4.23. The van der Waals surface area contributed by atoms with Crippen LogP contribution < -0.4 is 5.32 Å². The molecule has 6 heteroatoms. The van der Waals surface area contributed by atoms with E-state index in [-0.39, 0.29) is 4.90 Å². The first-order chi connectivity index (χ1) is 8.97. The van der Waals surface area contributed by atoms with E-state index in [4.69, 9.17) is 0 Å². The Morgan fingerprint density at radius 1 is 1.26 bits per heavy atom. The number of sulfone groups is 1. The molecule has 0 amide bonds. The highest BCUT2D eigenvalue weighted by Gasteiger charge is 2.19. The number of hydrogen-bond donors (Lipinski definition) is 1. The summed E-state index contributed by atoms with van der Waals surface area (Å²) in [6, 6.07) is 7.00. The van der Waals surface area contributed by atoms with Crippen molar-refractivity contribution < 1.29 is 12.6 Å². The zero-order valence-electron chi connectivity index (χ0n) is 11.0. The molecule has 0 aromatic heterocycles. The van der Waals surface area contributed by atoms with Gasteiger partial charge >= 0.3 is 0 Å². The van der Waals surface area contributed by atoms with Crippen LogP contribution in [-0.4, -0.2) is 37.2 Å². The number of benzene rings is 1. The average Bonchev–Trinajstić information content (AvgIpc) is 3.17. The van der Waals surface area contributed by atoms with Crippen LogP contribution in [0.5, 0.6) is 0 Å². The molecule has 19 heavy (non-hydrogen) atoms. The smallest absolute Gasteiger partial charge is 0.175 e. The van der Waals surface area contributed by atoms with Crippen LogP contribution in [0.3, 0.4) is 0 Å². The second-order valence-electron chi connectivity index (χ2n) is 4.88. The molecule has 1 atom stereocenters. The van der Waals surface area contributed by atoms with Gasteiger partial charge in [-0.3, -0.25) is 4.21 Å². The molecule has 4 nitrogen and oxygen atoms in total. The molecule has 0 spiro atoms. The Kier molecular flexibility index (Phi) is 4.76. The molecule has 1 saturated carbocycles. The highest BCUT2D eigenvalue weighted by molar-refractivity contribution is 7.90. The van der Waals surface area contributed by atoms with E-state index in [9.17, 15) is 12.6 Å². The van der Waals surface area contributed by atoms with Crippen LogP contribution in [0.15, 0.2) is 34.1 Å². The van der Waals surface area contributed by atoms with Crippen molar-refractivity contribution in [3.05, 3.63) is 24.3 Å². The molecule has 0 bridgehead atoms. The fourth-order valence-corrected chi connectivity index (χ4v) is 3.47. The number of nitrogens with one attached hydrogen (secondary N) is 1. The van der Waals surface area contributed by atoms with Gasteiger partial charge in [0.05, 0.1) is 15.7 Å². The summed E-state index contributed by atoms with van der Waals surface area (Å²) in [5, 5.41) is 3.38. The molecule has 2 rings (SSSR count). The number of rotatable bonds is 7. The minimum Gasteiger partial charge on any atom is -0.314 e. The highest BCUT2D eigenvalue weighted by Crippen LogP contribution is 2.18. The van der Waals surface area contributed by atoms with Crippen LogP contribution in [0.4, 0.5) is 0 Å². The maximum atomic E-state index is 12.0. The van der Waals surface area contributed by atoms with E-state index in [1.165, 1.54) is 31.2 Å². The lowest BCUT2D eigenvalue weighted by Gasteiger charge is -2.04. The lowest BCUT2D eigenvalue weighted by molar-refractivity contribution is 0.601. The van der Waals surface area contributed by atoms with Crippen LogP contribution in [0.2, 0.25) is 0 Å². The first kappa shape index (κ1) is 14.7. The molecular formula is C13H19NO3S2. The van der Waals surface area contributed by atoms with E-state index in [1.807, 2.05) is 0 Å². The van der Waals surface area contributed by atoms with Crippen molar-refractivity contribution in [3.63, 3.8) is 0 Å². The normalized spacial score (nSPS) is 17.3. The van der Waals surface area contributed by atoms with E-state index >= 15 is 0 Å². The average molecular weight is 301 g/mol. The molecule has 1 aliphatic carbocycles. The zero-order chi connectivity index (χ0) is 13.9. The predicted molar refractivity (Wildman–Crippen MR) is 76.5 cm³/mol. The minimum atomic E-state index is -3.18. The van der Waals surface area contributed by atoms with E-state index in [1.54, 1.807) is 12.1 Å². The SMILES string of the molecule is CS(=O)(=O)c1ccc(S(=O)CCCNC2CC2)cc1. The Labute approximate surface area is 117 Å². The number of hydrogen-bond acceptors (Lipinski definition) is 4. The lowest BCUT2D eigenvalue weighted by Crippen LogP contribution is -2.19. The first-order valence-corrected chi connectivity index (χ1v) is 9.60. The van der Waals surface area contributed by atoms with Gasteiger partial charge in [0.2, 0.25) is 0 Å². The van der Waals surface area contributed by atoms with Crippen molar-refractivity contribution in [2.24, 2.45) is 0 Å². The van der Waals surface area contributed by atoms with Gasteiger partial charge in [0.15, 0.2) is 9.84 Å². The van der Waals surface area contributed by atoms with E-state index in [2.05, 4.69) is 5.32 Å². The highest BCUT2D eigenvalue weighted by atomic mass is 32.2. The van der Waals surface area contributed by atoms with Crippen molar-refractivity contribution >= 4 is 20.6 Å². The van der Waals surface area contributed by atoms with Crippen molar-refractivity contribution in [2.45, 2.75) is 35.1 Å².